The zero-order valence-corrected chi connectivity index (χ0v) is 18.5. The molecule has 142 valence electrons. The summed E-state index contributed by atoms with van der Waals surface area (Å²) in [6, 6.07) is 2.64. The van der Waals surface area contributed by atoms with Crippen LogP contribution in [0.2, 0.25) is 5.02 Å². The average molecular weight is 532 g/mol. The van der Waals surface area contributed by atoms with Crippen LogP contribution in [0.25, 0.3) is 0 Å². The molecule has 0 atom stereocenters. The first-order valence-corrected chi connectivity index (χ1v) is 9.71. The number of aromatic nitrogens is 2. The monoisotopic (exact) mass is 531 g/mol. The van der Waals surface area contributed by atoms with Crippen molar-refractivity contribution in [3.05, 3.63) is 37.4 Å². The highest BCUT2D eigenvalue weighted by Gasteiger charge is 2.15. The van der Waals surface area contributed by atoms with Crippen molar-refractivity contribution in [3.8, 4) is 0 Å². The Kier molecular flexibility index (Phi) is 7.74. The molecular weight excluding hydrogens is 516 g/mol. The average Bonchev–Trinajstić information content (AvgIpc) is 2.92. The standard InChI is InChI=1S/C15H15ClFN3O3S2.HI/c1-23-13(21)8-24-12-7-11(10(17)6-9(12)16)18-14-19-4-2-3-5-20(19)15(22)25-14;/h6-7H,2-5,8H2,1H3;1H/b18-14-;. The van der Waals surface area contributed by atoms with E-state index in [1.165, 1.54) is 13.2 Å². The lowest BCUT2D eigenvalue weighted by Crippen LogP contribution is -2.31. The minimum atomic E-state index is -0.580. The van der Waals surface area contributed by atoms with Crippen LogP contribution in [0.4, 0.5) is 10.1 Å². The Labute approximate surface area is 179 Å². The Balaban J connectivity index is 0.00000243. The van der Waals surface area contributed by atoms with E-state index >= 15 is 0 Å². The highest BCUT2D eigenvalue weighted by molar-refractivity contribution is 14.0. The SMILES string of the molecule is COC(=O)CSc1cc(/N=c2\sc(=O)n3n2CCCC3)c(F)cc1Cl.I. The molecule has 0 saturated carbocycles. The molecule has 1 aromatic heterocycles. The second kappa shape index (κ2) is 9.38. The summed E-state index contributed by atoms with van der Waals surface area (Å²) in [7, 11) is 1.30. The first-order chi connectivity index (χ1) is 12.0. The van der Waals surface area contributed by atoms with Crippen LogP contribution < -0.4 is 9.67 Å². The number of methoxy groups -OCH3 is 1. The van der Waals surface area contributed by atoms with E-state index < -0.39 is 11.8 Å². The Hall–Kier alpha value is -0.850. The number of rotatable bonds is 4. The number of fused-ring (bicyclic) bond motifs is 1. The largest absolute Gasteiger partial charge is 0.468 e. The predicted octanol–water partition coefficient (Wildman–Crippen LogP) is 3.41. The van der Waals surface area contributed by atoms with Crippen LogP contribution in [0.15, 0.2) is 26.8 Å². The summed E-state index contributed by atoms with van der Waals surface area (Å²) in [5.41, 5.74) is 0.0829. The van der Waals surface area contributed by atoms with E-state index in [1.807, 2.05) is 0 Å². The summed E-state index contributed by atoms with van der Waals surface area (Å²) in [4.78, 5) is 28.5. The van der Waals surface area contributed by atoms with Gasteiger partial charge in [0.25, 0.3) is 0 Å². The van der Waals surface area contributed by atoms with Crippen molar-refractivity contribution in [1.82, 2.24) is 9.36 Å². The van der Waals surface area contributed by atoms with Gasteiger partial charge in [0.15, 0.2) is 0 Å². The molecule has 0 spiro atoms. The number of benzene rings is 1. The van der Waals surface area contributed by atoms with E-state index in [1.54, 1.807) is 9.36 Å². The molecule has 11 heteroatoms. The van der Waals surface area contributed by atoms with Crippen molar-refractivity contribution < 1.29 is 13.9 Å². The van der Waals surface area contributed by atoms with Crippen LogP contribution in [-0.2, 0) is 22.6 Å². The van der Waals surface area contributed by atoms with Gasteiger partial charge in [-0.25, -0.2) is 14.1 Å². The lowest BCUT2D eigenvalue weighted by molar-refractivity contribution is -0.137. The summed E-state index contributed by atoms with van der Waals surface area (Å²) in [5.74, 6) is -0.923. The second-order valence-electron chi connectivity index (χ2n) is 5.31. The first kappa shape index (κ1) is 21.5. The number of thioether (sulfide) groups is 1. The predicted molar refractivity (Wildman–Crippen MR) is 111 cm³/mol. The zero-order valence-electron chi connectivity index (χ0n) is 13.7. The maximum Gasteiger partial charge on any atom is 0.325 e. The Morgan fingerprint density at radius 2 is 2.08 bits per heavy atom. The Morgan fingerprint density at radius 1 is 1.38 bits per heavy atom. The smallest absolute Gasteiger partial charge is 0.325 e. The molecule has 0 aliphatic carbocycles. The van der Waals surface area contributed by atoms with Gasteiger partial charge in [0.1, 0.15) is 11.5 Å². The van der Waals surface area contributed by atoms with Gasteiger partial charge in [-0.3, -0.25) is 14.3 Å². The van der Waals surface area contributed by atoms with Gasteiger partial charge in [0, 0.05) is 18.0 Å². The van der Waals surface area contributed by atoms with E-state index in [-0.39, 0.29) is 45.3 Å². The van der Waals surface area contributed by atoms with Gasteiger partial charge in [-0.2, -0.15) is 0 Å². The minimum Gasteiger partial charge on any atom is -0.468 e. The van der Waals surface area contributed by atoms with Gasteiger partial charge >= 0.3 is 10.8 Å². The molecule has 1 aliphatic heterocycles. The van der Waals surface area contributed by atoms with Crippen LogP contribution >= 0.6 is 58.7 Å². The fourth-order valence-electron chi connectivity index (χ4n) is 2.43. The number of esters is 1. The van der Waals surface area contributed by atoms with Crippen molar-refractivity contribution in [2.75, 3.05) is 12.9 Å². The van der Waals surface area contributed by atoms with Crippen LogP contribution in [0.1, 0.15) is 12.8 Å². The van der Waals surface area contributed by atoms with Crippen molar-refractivity contribution in [2.24, 2.45) is 4.99 Å². The lowest BCUT2D eigenvalue weighted by Gasteiger charge is -2.15. The van der Waals surface area contributed by atoms with E-state index in [9.17, 15) is 14.0 Å². The summed E-state index contributed by atoms with van der Waals surface area (Å²) in [6.45, 7) is 1.32. The molecule has 0 fully saturated rings. The summed E-state index contributed by atoms with van der Waals surface area (Å²) in [6.07, 6.45) is 1.90. The van der Waals surface area contributed by atoms with Gasteiger partial charge in [-0.1, -0.05) is 11.6 Å². The maximum atomic E-state index is 14.3. The normalized spacial score (nSPS) is 13.9. The van der Waals surface area contributed by atoms with Gasteiger partial charge in [-0.05, 0) is 36.3 Å². The molecule has 0 radical (unpaired) electrons. The molecule has 1 aromatic carbocycles. The molecule has 26 heavy (non-hydrogen) atoms. The molecule has 0 N–H and O–H groups in total. The number of carbonyl (C=O) groups is 1. The van der Waals surface area contributed by atoms with E-state index in [0.717, 1.165) is 42.0 Å². The molecule has 2 heterocycles. The fourth-order valence-corrected chi connectivity index (χ4v) is 4.42. The highest BCUT2D eigenvalue weighted by Crippen LogP contribution is 2.33. The molecular formula is C15H16ClFIN3O3S2. The topological polar surface area (TPSA) is 65.6 Å². The van der Waals surface area contributed by atoms with Crippen molar-refractivity contribution in [1.29, 1.82) is 0 Å². The molecule has 3 rings (SSSR count). The Bertz CT molecular complexity index is 941. The third-order valence-corrected chi connectivity index (χ3v) is 6.01. The zero-order chi connectivity index (χ0) is 18.0. The van der Waals surface area contributed by atoms with Crippen molar-refractivity contribution in [3.63, 3.8) is 0 Å². The fraction of sp³-hybridized carbons (Fsp3) is 0.400. The van der Waals surface area contributed by atoms with E-state index in [2.05, 4.69) is 9.73 Å². The van der Waals surface area contributed by atoms with Gasteiger partial charge in [0.2, 0.25) is 4.80 Å². The maximum absolute atomic E-state index is 14.3. The van der Waals surface area contributed by atoms with E-state index in [0.29, 0.717) is 22.8 Å². The Morgan fingerprint density at radius 3 is 2.77 bits per heavy atom. The number of nitrogens with zero attached hydrogens (tertiary/aromatic N) is 3. The van der Waals surface area contributed by atoms with E-state index in [4.69, 9.17) is 11.6 Å². The molecule has 0 amide bonds. The lowest BCUT2D eigenvalue weighted by atomic mass is 10.3. The number of hydrogen-bond donors (Lipinski definition) is 0. The van der Waals surface area contributed by atoms with Crippen LogP contribution in [0, 0.1) is 5.82 Å². The molecule has 0 saturated heterocycles. The number of ether oxygens (including phenoxy) is 1. The van der Waals surface area contributed by atoms with Gasteiger partial charge < -0.3 is 4.74 Å². The number of hydrogen-bond acceptors (Lipinski definition) is 6. The molecule has 6 nitrogen and oxygen atoms in total. The highest BCUT2D eigenvalue weighted by atomic mass is 127. The molecule has 2 aromatic rings. The van der Waals surface area contributed by atoms with Crippen molar-refractivity contribution in [2.45, 2.75) is 30.8 Å². The molecule has 1 aliphatic rings. The summed E-state index contributed by atoms with van der Waals surface area (Å²) < 4.78 is 22.3. The first-order valence-electron chi connectivity index (χ1n) is 7.53. The van der Waals surface area contributed by atoms with Crippen LogP contribution in [0.3, 0.4) is 0 Å². The van der Waals surface area contributed by atoms with Crippen LogP contribution in [-0.4, -0.2) is 28.2 Å². The van der Waals surface area contributed by atoms with Crippen molar-refractivity contribution >= 4 is 70.3 Å². The molecule has 0 unspecified atom stereocenters. The second-order valence-corrected chi connectivity index (χ2v) is 7.66. The van der Waals surface area contributed by atoms with Crippen LogP contribution in [0.5, 0.6) is 0 Å². The molecule has 0 bridgehead atoms. The number of halogens is 3. The summed E-state index contributed by atoms with van der Waals surface area (Å²) in [5, 5.41) is 0.199. The summed E-state index contributed by atoms with van der Waals surface area (Å²) >= 11 is 8.17. The van der Waals surface area contributed by atoms with Gasteiger partial charge in [-0.15, -0.1) is 35.7 Å². The quantitative estimate of drug-likeness (QED) is 0.345. The third kappa shape index (κ3) is 4.70. The third-order valence-electron chi connectivity index (χ3n) is 3.68. The van der Waals surface area contributed by atoms with Gasteiger partial charge in [0.05, 0.1) is 17.9 Å². The minimum absolute atomic E-state index is 0. The number of carbonyl (C=O) groups excluding carboxylic acids is 1.